The van der Waals surface area contributed by atoms with Crippen molar-refractivity contribution >= 4 is 22.4 Å². The maximum atomic E-state index is 5.92. The molecule has 1 N–H and O–H groups in total. The molecule has 2 heterocycles. The number of aryl methyl sites for hydroxylation is 1. The van der Waals surface area contributed by atoms with E-state index in [2.05, 4.69) is 34.3 Å². The molecule has 1 aliphatic rings. The van der Waals surface area contributed by atoms with Crippen LogP contribution in [0, 0.1) is 6.92 Å². The van der Waals surface area contributed by atoms with E-state index in [-0.39, 0.29) is 0 Å². The summed E-state index contributed by atoms with van der Waals surface area (Å²) in [6, 6.07) is 11.9. The lowest BCUT2D eigenvalue weighted by Gasteiger charge is -2.16. The predicted molar refractivity (Wildman–Crippen MR) is 107 cm³/mol. The molecule has 0 radical (unpaired) electrons. The monoisotopic (exact) mass is 381 g/mol. The third-order valence-electron chi connectivity index (χ3n) is 4.32. The first kappa shape index (κ1) is 18.5. The Morgan fingerprint density at radius 3 is 2.29 bits per heavy atom. The number of hydrogen-bond acceptors (Lipinski definition) is 7. The van der Waals surface area contributed by atoms with E-state index in [1.807, 2.05) is 24.3 Å². The van der Waals surface area contributed by atoms with Crippen LogP contribution in [0.15, 0.2) is 42.7 Å². The number of ether oxygens (including phenoxy) is 4. The van der Waals surface area contributed by atoms with Gasteiger partial charge in [-0.3, -0.25) is 0 Å². The zero-order chi connectivity index (χ0) is 19.2. The molecule has 7 heteroatoms. The van der Waals surface area contributed by atoms with E-state index < -0.39 is 0 Å². The number of hydrogen-bond donors (Lipinski definition) is 1. The first-order chi connectivity index (χ1) is 13.8. The minimum Gasteiger partial charge on any atom is -0.487 e. The molecule has 0 fully saturated rings. The largest absolute Gasteiger partial charge is 0.487 e. The molecule has 0 bridgehead atoms. The van der Waals surface area contributed by atoms with Crippen molar-refractivity contribution in [1.29, 1.82) is 0 Å². The molecule has 0 spiro atoms. The number of benzene rings is 2. The van der Waals surface area contributed by atoms with Gasteiger partial charge in [-0.05, 0) is 30.7 Å². The topological polar surface area (TPSA) is 74.7 Å². The van der Waals surface area contributed by atoms with Gasteiger partial charge in [0.1, 0.15) is 25.4 Å². The highest BCUT2D eigenvalue weighted by atomic mass is 16.6. The van der Waals surface area contributed by atoms with Gasteiger partial charge in [0.05, 0.1) is 31.9 Å². The quantitative estimate of drug-likeness (QED) is 0.728. The van der Waals surface area contributed by atoms with Crippen LogP contribution in [0.2, 0.25) is 0 Å². The van der Waals surface area contributed by atoms with E-state index in [4.69, 9.17) is 18.9 Å². The summed E-state index contributed by atoms with van der Waals surface area (Å²) < 4.78 is 22.8. The van der Waals surface area contributed by atoms with Gasteiger partial charge in [-0.15, -0.1) is 0 Å². The van der Waals surface area contributed by atoms with Gasteiger partial charge in [-0.2, -0.15) is 0 Å². The van der Waals surface area contributed by atoms with Crippen LogP contribution in [0.4, 0.5) is 11.5 Å². The van der Waals surface area contributed by atoms with Crippen LogP contribution < -0.4 is 14.8 Å². The summed E-state index contributed by atoms with van der Waals surface area (Å²) in [4.78, 5) is 8.82. The van der Waals surface area contributed by atoms with E-state index in [1.165, 1.54) is 5.56 Å². The van der Waals surface area contributed by atoms with Gasteiger partial charge in [-0.25, -0.2) is 9.97 Å². The molecule has 0 unspecified atom stereocenters. The van der Waals surface area contributed by atoms with Crippen molar-refractivity contribution in [2.24, 2.45) is 0 Å². The van der Waals surface area contributed by atoms with Crippen molar-refractivity contribution in [1.82, 2.24) is 9.97 Å². The van der Waals surface area contributed by atoms with E-state index in [0.717, 1.165) is 16.6 Å². The second kappa shape index (κ2) is 8.86. The van der Waals surface area contributed by atoms with E-state index >= 15 is 0 Å². The summed E-state index contributed by atoms with van der Waals surface area (Å²) in [5.41, 5.74) is 2.92. The number of anilines is 2. The lowest BCUT2D eigenvalue weighted by molar-refractivity contribution is 0.0224. The van der Waals surface area contributed by atoms with Crippen LogP contribution in [0.3, 0.4) is 0 Å². The normalized spacial score (nSPS) is 15.5. The van der Waals surface area contributed by atoms with E-state index in [0.29, 0.717) is 57.0 Å². The average Bonchev–Trinajstić information content (AvgIpc) is 2.68. The molecule has 0 saturated heterocycles. The number of rotatable bonds is 2. The Morgan fingerprint density at radius 2 is 1.54 bits per heavy atom. The van der Waals surface area contributed by atoms with Crippen molar-refractivity contribution in [3.63, 3.8) is 0 Å². The molecule has 146 valence electrons. The van der Waals surface area contributed by atoms with Gasteiger partial charge >= 0.3 is 0 Å². The van der Waals surface area contributed by atoms with Crippen molar-refractivity contribution in [3.8, 4) is 11.5 Å². The highest BCUT2D eigenvalue weighted by Crippen LogP contribution is 2.35. The van der Waals surface area contributed by atoms with Crippen LogP contribution >= 0.6 is 0 Å². The number of fused-ring (bicyclic) bond motifs is 2. The van der Waals surface area contributed by atoms with E-state index in [9.17, 15) is 0 Å². The highest BCUT2D eigenvalue weighted by molar-refractivity contribution is 5.93. The molecule has 0 aliphatic carbocycles. The van der Waals surface area contributed by atoms with Crippen molar-refractivity contribution < 1.29 is 18.9 Å². The zero-order valence-electron chi connectivity index (χ0n) is 15.8. The molecule has 28 heavy (non-hydrogen) atoms. The summed E-state index contributed by atoms with van der Waals surface area (Å²) in [5, 5.41) is 4.23. The Bertz CT molecular complexity index is 948. The molecule has 1 aliphatic heterocycles. The third kappa shape index (κ3) is 4.49. The predicted octanol–water partition coefficient (Wildman–Crippen LogP) is 3.49. The Morgan fingerprint density at radius 1 is 0.821 bits per heavy atom. The zero-order valence-corrected chi connectivity index (χ0v) is 15.8. The maximum Gasteiger partial charge on any atom is 0.163 e. The molecule has 0 amide bonds. The Balaban J connectivity index is 1.67. The SMILES string of the molecule is Cc1cccc(Nc2ncnc3cc4c(cc23)OCCOCCOCCO4)c1. The molecule has 1 aromatic heterocycles. The molecule has 7 nitrogen and oxygen atoms in total. The van der Waals surface area contributed by atoms with Gasteiger partial charge < -0.3 is 24.3 Å². The minimum absolute atomic E-state index is 0.427. The summed E-state index contributed by atoms with van der Waals surface area (Å²) in [5.74, 6) is 1.99. The summed E-state index contributed by atoms with van der Waals surface area (Å²) >= 11 is 0. The summed E-state index contributed by atoms with van der Waals surface area (Å²) in [6.07, 6.45) is 1.54. The fraction of sp³-hybridized carbons (Fsp3) is 0.333. The summed E-state index contributed by atoms with van der Waals surface area (Å²) in [7, 11) is 0. The number of nitrogens with one attached hydrogen (secondary N) is 1. The second-order valence-electron chi connectivity index (χ2n) is 6.45. The fourth-order valence-electron chi connectivity index (χ4n) is 2.99. The maximum absolute atomic E-state index is 5.92. The van der Waals surface area contributed by atoms with Crippen LogP contribution in [0.1, 0.15) is 5.56 Å². The molecular formula is C21H23N3O4. The van der Waals surface area contributed by atoms with Crippen LogP contribution in [0.5, 0.6) is 11.5 Å². The second-order valence-corrected chi connectivity index (χ2v) is 6.45. The summed E-state index contributed by atoms with van der Waals surface area (Å²) in [6.45, 7) is 4.99. The number of nitrogens with zero attached hydrogens (tertiary/aromatic N) is 2. The molecule has 4 rings (SSSR count). The standard InChI is InChI=1S/C21H23N3O4/c1-15-3-2-4-16(11-15)24-21-17-12-19-20(13-18(17)22-14-23-21)28-10-8-26-6-5-25-7-9-27-19/h2-4,11-14H,5-10H2,1H3,(H,22,23,24). The average molecular weight is 381 g/mol. The molecule has 0 saturated carbocycles. The molecule has 2 aromatic carbocycles. The van der Waals surface area contributed by atoms with Gasteiger partial charge in [0.15, 0.2) is 11.5 Å². The Hall–Kier alpha value is -2.90. The van der Waals surface area contributed by atoms with Crippen molar-refractivity contribution in [2.45, 2.75) is 6.92 Å². The van der Waals surface area contributed by atoms with Gasteiger partial charge in [0.2, 0.25) is 0 Å². The third-order valence-corrected chi connectivity index (χ3v) is 4.32. The van der Waals surface area contributed by atoms with Crippen LogP contribution in [-0.4, -0.2) is 49.6 Å². The van der Waals surface area contributed by atoms with E-state index in [1.54, 1.807) is 6.33 Å². The van der Waals surface area contributed by atoms with Crippen LogP contribution in [-0.2, 0) is 9.47 Å². The van der Waals surface area contributed by atoms with Crippen molar-refractivity contribution in [2.75, 3.05) is 45.0 Å². The smallest absolute Gasteiger partial charge is 0.163 e. The fourth-order valence-corrected chi connectivity index (χ4v) is 2.99. The van der Waals surface area contributed by atoms with Crippen LogP contribution in [0.25, 0.3) is 10.9 Å². The highest BCUT2D eigenvalue weighted by Gasteiger charge is 2.13. The first-order valence-electron chi connectivity index (χ1n) is 9.33. The Labute approximate surface area is 163 Å². The van der Waals surface area contributed by atoms with Gasteiger partial charge in [0.25, 0.3) is 0 Å². The van der Waals surface area contributed by atoms with Gasteiger partial charge in [0, 0.05) is 17.1 Å². The molecule has 3 aromatic rings. The molecular weight excluding hydrogens is 358 g/mol. The minimum atomic E-state index is 0.427. The Kier molecular flexibility index (Phi) is 5.84. The first-order valence-corrected chi connectivity index (χ1v) is 9.33. The number of aromatic nitrogens is 2. The molecule has 0 atom stereocenters. The lowest BCUT2D eigenvalue weighted by Crippen LogP contribution is -2.15. The van der Waals surface area contributed by atoms with Gasteiger partial charge in [-0.1, -0.05) is 12.1 Å². The van der Waals surface area contributed by atoms with Crippen molar-refractivity contribution in [3.05, 3.63) is 48.3 Å². The lowest BCUT2D eigenvalue weighted by atomic mass is 10.2.